The molecule has 0 saturated carbocycles. The van der Waals surface area contributed by atoms with E-state index in [4.69, 9.17) is 0 Å². The van der Waals surface area contributed by atoms with Gasteiger partial charge >= 0.3 is 0 Å². The average Bonchev–Trinajstić information content (AvgIpc) is 2.80. The maximum atomic E-state index is 12.2. The predicted molar refractivity (Wildman–Crippen MR) is 86.2 cm³/mol. The Morgan fingerprint density at radius 3 is 2.48 bits per heavy atom. The summed E-state index contributed by atoms with van der Waals surface area (Å²) in [6.07, 6.45) is 1.89. The Morgan fingerprint density at radius 1 is 1.38 bits per heavy atom. The molecule has 1 unspecified atom stereocenters. The first-order valence-corrected chi connectivity index (χ1v) is 9.53. The van der Waals surface area contributed by atoms with Crippen LogP contribution in [0.5, 0.6) is 0 Å². The van der Waals surface area contributed by atoms with Gasteiger partial charge in [0.1, 0.15) is 4.21 Å². The summed E-state index contributed by atoms with van der Waals surface area (Å²) in [5.74, 6) is -0.113. The van der Waals surface area contributed by atoms with Crippen molar-refractivity contribution in [3.05, 3.63) is 17.0 Å². The fourth-order valence-electron chi connectivity index (χ4n) is 2.02. The van der Waals surface area contributed by atoms with Crippen molar-refractivity contribution in [2.45, 2.75) is 44.0 Å². The molecule has 1 atom stereocenters. The largest absolute Gasteiger partial charge is 0.351 e. The minimum Gasteiger partial charge on any atom is -0.351 e. The molecular formula is C14H24N2O3S2. The number of hydrogen-bond donors (Lipinski definition) is 2. The fraction of sp³-hybridized carbons (Fsp3) is 0.643. The Morgan fingerprint density at radius 2 is 2.00 bits per heavy atom. The molecule has 0 aliphatic rings. The zero-order valence-electron chi connectivity index (χ0n) is 13.2. The van der Waals surface area contributed by atoms with E-state index in [-0.39, 0.29) is 23.9 Å². The van der Waals surface area contributed by atoms with Crippen LogP contribution in [-0.2, 0) is 21.2 Å². The number of sulfone groups is 1. The van der Waals surface area contributed by atoms with E-state index >= 15 is 0 Å². The van der Waals surface area contributed by atoms with Gasteiger partial charge < -0.3 is 10.6 Å². The molecule has 7 heteroatoms. The van der Waals surface area contributed by atoms with Crippen LogP contribution in [0.3, 0.4) is 0 Å². The Bertz CT molecular complexity index is 586. The molecule has 0 saturated heterocycles. The quantitative estimate of drug-likeness (QED) is 0.833. The summed E-state index contributed by atoms with van der Waals surface area (Å²) in [7, 11) is -1.49. The van der Waals surface area contributed by atoms with E-state index in [0.29, 0.717) is 16.2 Å². The van der Waals surface area contributed by atoms with Crippen molar-refractivity contribution in [1.29, 1.82) is 0 Å². The SMILES string of the molecule is CNC(CC(C)(C)C)C(=O)NCc1ccsc1S(C)(=O)=O. The van der Waals surface area contributed by atoms with Crippen LogP contribution in [-0.4, -0.2) is 33.7 Å². The van der Waals surface area contributed by atoms with E-state index in [0.717, 1.165) is 0 Å². The van der Waals surface area contributed by atoms with Gasteiger partial charge in [-0.15, -0.1) is 11.3 Å². The first-order valence-electron chi connectivity index (χ1n) is 6.76. The van der Waals surface area contributed by atoms with Gasteiger partial charge in [0, 0.05) is 18.4 Å². The van der Waals surface area contributed by atoms with Gasteiger partial charge in [0.2, 0.25) is 5.91 Å². The van der Waals surface area contributed by atoms with Gasteiger partial charge in [0.15, 0.2) is 9.84 Å². The van der Waals surface area contributed by atoms with E-state index in [9.17, 15) is 13.2 Å². The molecule has 2 N–H and O–H groups in total. The lowest BCUT2D eigenvalue weighted by Crippen LogP contribution is -2.44. The van der Waals surface area contributed by atoms with Crippen LogP contribution in [0.25, 0.3) is 0 Å². The minimum absolute atomic E-state index is 0.0331. The third kappa shape index (κ3) is 5.76. The van der Waals surface area contributed by atoms with Crippen LogP contribution < -0.4 is 10.6 Å². The van der Waals surface area contributed by atoms with Gasteiger partial charge in [0.25, 0.3) is 0 Å². The molecule has 21 heavy (non-hydrogen) atoms. The highest BCUT2D eigenvalue weighted by Crippen LogP contribution is 2.23. The highest BCUT2D eigenvalue weighted by Gasteiger charge is 2.24. The first kappa shape index (κ1) is 18.1. The number of carbonyl (C=O) groups is 1. The van der Waals surface area contributed by atoms with E-state index in [1.54, 1.807) is 18.5 Å². The maximum Gasteiger partial charge on any atom is 0.237 e. The molecule has 120 valence electrons. The lowest BCUT2D eigenvalue weighted by Gasteiger charge is -2.25. The van der Waals surface area contributed by atoms with E-state index in [1.165, 1.54) is 17.6 Å². The van der Waals surface area contributed by atoms with E-state index in [1.807, 2.05) is 0 Å². The van der Waals surface area contributed by atoms with Crippen LogP contribution in [0.4, 0.5) is 0 Å². The molecule has 5 nitrogen and oxygen atoms in total. The molecule has 1 amide bonds. The van der Waals surface area contributed by atoms with Crippen molar-refractivity contribution in [2.75, 3.05) is 13.3 Å². The van der Waals surface area contributed by atoms with E-state index in [2.05, 4.69) is 31.4 Å². The van der Waals surface area contributed by atoms with Crippen molar-refractivity contribution in [3.63, 3.8) is 0 Å². The number of rotatable bonds is 6. The minimum atomic E-state index is -3.24. The standard InChI is InChI=1S/C14H24N2O3S2/c1-14(2,3)8-11(15-4)12(17)16-9-10-6-7-20-13(10)21(5,18)19/h6-7,11,15H,8-9H2,1-5H3,(H,16,17). The molecule has 0 radical (unpaired) electrons. The third-order valence-corrected chi connectivity index (χ3v) is 5.86. The second-order valence-corrected chi connectivity index (χ2v) is 9.46. The normalized spacial score (nSPS) is 14.0. The maximum absolute atomic E-state index is 12.2. The Balaban J connectivity index is 2.71. The molecule has 0 fully saturated rings. The summed E-state index contributed by atoms with van der Waals surface area (Å²) in [6.45, 7) is 6.45. The molecule has 0 spiro atoms. The van der Waals surface area contributed by atoms with Crippen LogP contribution in [0.15, 0.2) is 15.7 Å². The molecule has 1 heterocycles. The summed E-state index contributed by atoms with van der Waals surface area (Å²) in [4.78, 5) is 12.2. The topological polar surface area (TPSA) is 75.3 Å². The summed E-state index contributed by atoms with van der Waals surface area (Å²) in [6, 6.07) is 1.45. The molecule has 1 aromatic rings. The predicted octanol–water partition coefficient (Wildman–Crippen LogP) is 1.79. The van der Waals surface area contributed by atoms with Crippen LogP contribution in [0, 0.1) is 5.41 Å². The molecule has 1 rings (SSSR count). The van der Waals surface area contributed by atoms with Crippen molar-refractivity contribution in [3.8, 4) is 0 Å². The van der Waals surface area contributed by atoms with E-state index < -0.39 is 9.84 Å². The highest BCUT2D eigenvalue weighted by molar-refractivity contribution is 7.92. The summed E-state index contributed by atoms with van der Waals surface area (Å²) >= 11 is 1.18. The van der Waals surface area contributed by atoms with Crippen molar-refractivity contribution in [1.82, 2.24) is 10.6 Å². The molecule has 0 aliphatic carbocycles. The summed E-state index contributed by atoms with van der Waals surface area (Å²) in [5.41, 5.74) is 0.673. The number of amides is 1. The zero-order valence-corrected chi connectivity index (χ0v) is 14.8. The van der Waals surface area contributed by atoms with Crippen molar-refractivity contribution >= 4 is 27.1 Å². The molecule has 1 aromatic heterocycles. The lowest BCUT2D eigenvalue weighted by molar-refractivity contribution is -0.123. The zero-order chi connectivity index (χ0) is 16.3. The Kier molecular flexibility index (Phi) is 5.95. The summed E-state index contributed by atoms with van der Waals surface area (Å²) < 4.78 is 23.6. The Hall–Kier alpha value is -0.920. The van der Waals surface area contributed by atoms with Gasteiger partial charge in [-0.3, -0.25) is 4.79 Å². The van der Waals surface area contributed by atoms with Crippen LogP contribution in [0.2, 0.25) is 0 Å². The lowest BCUT2D eigenvalue weighted by atomic mass is 9.88. The molecular weight excluding hydrogens is 308 g/mol. The van der Waals surface area contributed by atoms with Gasteiger partial charge in [0.05, 0.1) is 6.04 Å². The second kappa shape index (κ2) is 6.89. The smallest absolute Gasteiger partial charge is 0.237 e. The number of thiophene rings is 1. The number of hydrogen-bond acceptors (Lipinski definition) is 5. The van der Waals surface area contributed by atoms with Crippen molar-refractivity contribution < 1.29 is 13.2 Å². The van der Waals surface area contributed by atoms with Crippen molar-refractivity contribution in [2.24, 2.45) is 5.41 Å². The van der Waals surface area contributed by atoms with Gasteiger partial charge in [-0.05, 0) is 30.3 Å². The van der Waals surface area contributed by atoms with Gasteiger partial charge in [-0.1, -0.05) is 20.8 Å². The average molecular weight is 332 g/mol. The highest BCUT2D eigenvalue weighted by atomic mass is 32.2. The van der Waals surface area contributed by atoms with Gasteiger partial charge in [-0.2, -0.15) is 0 Å². The summed E-state index contributed by atoms with van der Waals surface area (Å²) in [5, 5.41) is 7.54. The third-order valence-electron chi connectivity index (χ3n) is 2.98. The number of carbonyl (C=O) groups excluding carboxylic acids is 1. The fourth-order valence-corrected chi connectivity index (χ4v) is 4.15. The molecule has 0 bridgehead atoms. The number of nitrogens with one attached hydrogen (secondary N) is 2. The first-order chi connectivity index (χ1) is 9.54. The van der Waals surface area contributed by atoms with Crippen LogP contribution in [0.1, 0.15) is 32.8 Å². The second-order valence-electron chi connectivity index (χ2n) is 6.33. The molecule has 0 aliphatic heterocycles. The van der Waals surface area contributed by atoms with Gasteiger partial charge in [-0.25, -0.2) is 8.42 Å². The monoisotopic (exact) mass is 332 g/mol. The van der Waals surface area contributed by atoms with Crippen LogP contribution >= 0.6 is 11.3 Å². The molecule has 0 aromatic carbocycles. The Labute approximate surface area is 131 Å². The number of likely N-dealkylation sites (N-methyl/N-ethyl adjacent to an activating group) is 1.